The van der Waals surface area contributed by atoms with Crippen LogP contribution in [0.15, 0.2) is 60.7 Å². The molecule has 0 radical (unpaired) electrons. The molecule has 0 aliphatic heterocycles. The molecule has 3 aromatic carbocycles. The highest BCUT2D eigenvalue weighted by Gasteiger charge is 2.14. The van der Waals surface area contributed by atoms with Crippen LogP contribution in [-0.2, 0) is 6.54 Å². The highest BCUT2D eigenvalue weighted by Crippen LogP contribution is 2.37. The Balaban J connectivity index is 0.00000272. The maximum absolute atomic E-state index is 10.4. The molecule has 0 atom stereocenters. The number of methoxy groups -OCH3 is 1. The summed E-state index contributed by atoms with van der Waals surface area (Å²) in [5.41, 5.74) is 4.54. The van der Waals surface area contributed by atoms with Crippen molar-refractivity contribution in [3.8, 4) is 11.5 Å². The van der Waals surface area contributed by atoms with Crippen molar-refractivity contribution in [2.75, 3.05) is 25.5 Å². The van der Waals surface area contributed by atoms with E-state index in [1.807, 2.05) is 42.5 Å². The SMILES string of the molecule is CCN(CC)Cc1cc(Nc2c3ccccc3nc3c(OC)cccc23)ccc1O.Cl. The van der Waals surface area contributed by atoms with Crippen molar-refractivity contribution in [1.82, 2.24) is 9.88 Å². The topological polar surface area (TPSA) is 57.6 Å². The zero-order valence-corrected chi connectivity index (χ0v) is 18.9. The smallest absolute Gasteiger partial charge is 0.145 e. The predicted octanol–water partition coefficient (Wildman–Crippen LogP) is 6.11. The molecule has 6 heteroatoms. The highest BCUT2D eigenvalue weighted by molar-refractivity contribution is 6.10. The van der Waals surface area contributed by atoms with Crippen LogP contribution in [0.1, 0.15) is 19.4 Å². The fourth-order valence-corrected chi connectivity index (χ4v) is 3.81. The Morgan fingerprint density at radius 2 is 1.71 bits per heavy atom. The van der Waals surface area contributed by atoms with Gasteiger partial charge in [-0.05, 0) is 43.4 Å². The number of benzene rings is 3. The average molecular weight is 438 g/mol. The first-order valence-corrected chi connectivity index (χ1v) is 10.3. The molecule has 0 saturated carbocycles. The fraction of sp³-hybridized carbons (Fsp3) is 0.240. The van der Waals surface area contributed by atoms with Crippen LogP contribution in [-0.4, -0.2) is 35.2 Å². The lowest BCUT2D eigenvalue weighted by molar-refractivity contribution is 0.291. The molecule has 0 spiro atoms. The van der Waals surface area contributed by atoms with Gasteiger partial charge in [0.05, 0.1) is 18.3 Å². The summed E-state index contributed by atoms with van der Waals surface area (Å²) in [5.74, 6) is 1.06. The van der Waals surface area contributed by atoms with E-state index in [4.69, 9.17) is 9.72 Å². The molecule has 0 fully saturated rings. The van der Waals surface area contributed by atoms with Crippen molar-refractivity contribution < 1.29 is 9.84 Å². The lowest BCUT2D eigenvalue weighted by atomic mass is 10.1. The molecule has 5 nitrogen and oxygen atoms in total. The summed E-state index contributed by atoms with van der Waals surface area (Å²) < 4.78 is 5.56. The number of pyridine rings is 1. The number of halogens is 1. The number of anilines is 2. The van der Waals surface area contributed by atoms with Crippen LogP contribution in [0.2, 0.25) is 0 Å². The molecule has 0 amide bonds. The van der Waals surface area contributed by atoms with E-state index in [1.165, 1.54) is 0 Å². The summed E-state index contributed by atoms with van der Waals surface area (Å²) in [4.78, 5) is 7.11. The van der Waals surface area contributed by atoms with Gasteiger partial charge >= 0.3 is 0 Å². The molecule has 0 unspecified atom stereocenters. The summed E-state index contributed by atoms with van der Waals surface area (Å²) in [6.45, 7) is 6.84. The number of nitrogens with one attached hydrogen (secondary N) is 1. The molecule has 1 heterocycles. The zero-order chi connectivity index (χ0) is 21.1. The molecule has 4 rings (SSSR count). The van der Waals surface area contributed by atoms with Crippen molar-refractivity contribution in [2.45, 2.75) is 20.4 Å². The highest BCUT2D eigenvalue weighted by atomic mass is 35.5. The van der Waals surface area contributed by atoms with E-state index < -0.39 is 0 Å². The van der Waals surface area contributed by atoms with Crippen molar-refractivity contribution >= 4 is 45.6 Å². The molecule has 0 saturated heterocycles. The van der Waals surface area contributed by atoms with Crippen molar-refractivity contribution in [2.24, 2.45) is 0 Å². The summed E-state index contributed by atoms with van der Waals surface area (Å²) in [6.07, 6.45) is 0. The Hall–Kier alpha value is -3.02. The number of phenolic OH excluding ortho intramolecular Hbond substituents is 1. The Morgan fingerprint density at radius 3 is 2.45 bits per heavy atom. The Kier molecular flexibility index (Phi) is 7.21. The van der Waals surface area contributed by atoms with Gasteiger partial charge in [0.25, 0.3) is 0 Å². The van der Waals surface area contributed by atoms with Crippen LogP contribution in [0, 0.1) is 0 Å². The minimum atomic E-state index is 0. The number of phenols is 1. The molecule has 162 valence electrons. The van der Waals surface area contributed by atoms with E-state index in [-0.39, 0.29) is 12.4 Å². The van der Waals surface area contributed by atoms with Crippen LogP contribution >= 0.6 is 12.4 Å². The number of hydrogen-bond acceptors (Lipinski definition) is 5. The van der Waals surface area contributed by atoms with Crippen molar-refractivity contribution in [1.29, 1.82) is 0 Å². The summed E-state index contributed by atoms with van der Waals surface area (Å²) in [6, 6.07) is 19.7. The van der Waals surface area contributed by atoms with Gasteiger partial charge in [0, 0.05) is 28.6 Å². The molecule has 1 aromatic heterocycles. The third kappa shape index (κ3) is 4.53. The Labute approximate surface area is 189 Å². The van der Waals surface area contributed by atoms with Gasteiger partial charge in [0.1, 0.15) is 17.0 Å². The number of aromatic hydroxyl groups is 1. The minimum Gasteiger partial charge on any atom is -0.508 e. The maximum Gasteiger partial charge on any atom is 0.145 e. The third-order valence-electron chi connectivity index (χ3n) is 5.53. The first-order chi connectivity index (χ1) is 14.6. The average Bonchev–Trinajstić information content (AvgIpc) is 2.78. The monoisotopic (exact) mass is 437 g/mol. The van der Waals surface area contributed by atoms with Crippen LogP contribution < -0.4 is 10.1 Å². The van der Waals surface area contributed by atoms with Gasteiger partial charge in [0.2, 0.25) is 0 Å². The second-order valence-corrected chi connectivity index (χ2v) is 7.29. The van der Waals surface area contributed by atoms with Gasteiger partial charge in [-0.15, -0.1) is 12.4 Å². The lowest BCUT2D eigenvalue weighted by Gasteiger charge is -2.20. The van der Waals surface area contributed by atoms with Gasteiger partial charge in [-0.2, -0.15) is 0 Å². The summed E-state index contributed by atoms with van der Waals surface area (Å²) in [7, 11) is 1.66. The minimum absolute atomic E-state index is 0. The first kappa shape index (κ1) is 22.7. The Bertz CT molecular complexity index is 1190. The number of nitrogens with zero attached hydrogens (tertiary/aromatic N) is 2. The van der Waals surface area contributed by atoms with Gasteiger partial charge in [-0.1, -0.05) is 44.2 Å². The standard InChI is InChI=1S/C25H27N3O2.ClH/c1-4-28(5-2)16-17-15-18(13-14-22(17)29)26-24-19-9-6-7-11-21(19)27-25-20(24)10-8-12-23(25)30-3;/h6-15,29H,4-5,16H2,1-3H3,(H,26,27);1H. The number of rotatable bonds is 7. The van der Waals surface area contributed by atoms with E-state index in [2.05, 4.69) is 36.2 Å². The van der Waals surface area contributed by atoms with E-state index in [0.717, 1.165) is 57.6 Å². The molecule has 31 heavy (non-hydrogen) atoms. The first-order valence-electron chi connectivity index (χ1n) is 10.3. The second-order valence-electron chi connectivity index (χ2n) is 7.29. The predicted molar refractivity (Wildman–Crippen MR) is 131 cm³/mol. The molecule has 0 aliphatic carbocycles. The summed E-state index contributed by atoms with van der Waals surface area (Å²) >= 11 is 0. The quantitative estimate of drug-likeness (QED) is 0.270. The van der Waals surface area contributed by atoms with Gasteiger partial charge < -0.3 is 15.2 Å². The van der Waals surface area contributed by atoms with Gasteiger partial charge in [-0.3, -0.25) is 4.90 Å². The maximum atomic E-state index is 10.4. The molecular formula is C25H28ClN3O2. The van der Waals surface area contributed by atoms with Gasteiger partial charge in [-0.25, -0.2) is 4.98 Å². The number of ether oxygens (including phenoxy) is 1. The lowest BCUT2D eigenvalue weighted by Crippen LogP contribution is -2.22. The van der Waals surface area contributed by atoms with E-state index in [0.29, 0.717) is 12.3 Å². The zero-order valence-electron chi connectivity index (χ0n) is 18.1. The van der Waals surface area contributed by atoms with Crippen molar-refractivity contribution in [3.05, 3.63) is 66.2 Å². The number of para-hydroxylation sites is 2. The number of aromatic nitrogens is 1. The molecule has 0 bridgehead atoms. The van der Waals surface area contributed by atoms with E-state index in [1.54, 1.807) is 13.2 Å². The largest absolute Gasteiger partial charge is 0.508 e. The van der Waals surface area contributed by atoms with E-state index >= 15 is 0 Å². The Morgan fingerprint density at radius 1 is 0.968 bits per heavy atom. The van der Waals surface area contributed by atoms with Crippen LogP contribution in [0.3, 0.4) is 0 Å². The van der Waals surface area contributed by atoms with Crippen molar-refractivity contribution in [3.63, 3.8) is 0 Å². The van der Waals surface area contributed by atoms with Crippen LogP contribution in [0.25, 0.3) is 21.8 Å². The van der Waals surface area contributed by atoms with Crippen LogP contribution in [0.5, 0.6) is 11.5 Å². The van der Waals surface area contributed by atoms with E-state index in [9.17, 15) is 5.11 Å². The molecular weight excluding hydrogens is 410 g/mol. The van der Waals surface area contributed by atoms with Gasteiger partial charge in [0.15, 0.2) is 0 Å². The second kappa shape index (κ2) is 9.86. The molecule has 0 aliphatic rings. The normalized spacial score (nSPS) is 11.0. The number of fused-ring (bicyclic) bond motifs is 2. The molecule has 2 N–H and O–H groups in total. The molecule has 4 aromatic rings. The van der Waals surface area contributed by atoms with Crippen LogP contribution in [0.4, 0.5) is 11.4 Å². The third-order valence-corrected chi connectivity index (χ3v) is 5.53. The number of hydrogen-bond donors (Lipinski definition) is 2. The summed E-state index contributed by atoms with van der Waals surface area (Å²) in [5, 5.41) is 16.0. The fourth-order valence-electron chi connectivity index (χ4n) is 3.81.